The van der Waals surface area contributed by atoms with Crippen molar-refractivity contribution in [3.8, 4) is 11.5 Å². The molecule has 116 valence electrons. The summed E-state index contributed by atoms with van der Waals surface area (Å²) in [6.45, 7) is 6.21. The summed E-state index contributed by atoms with van der Waals surface area (Å²) in [5, 5.41) is 0. The Labute approximate surface area is 137 Å². The Morgan fingerprint density at radius 2 is 1.71 bits per heavy atom. The van der Waals surface area contributed by atoms with Gasteiger partial charge in [0.25, 0.3) is 5.82 Å². The molecule has 0 aliphatic carbocycles. The van der Waals surface area contributed by atoms with Crippen molar-refractivity contribution < 1.29 is 31.0 Å². The molecule has 0 spiro atoms. The SMILES string of the molecule is CCCn1cc[n+](Cc2cc(OC)cc(OC)c2)c1C.[Br-]. The van der Waals surface area contributed by atoms with Crippen molar-refractivity contribution >= 4 is 0 Å². The first-order valence-electron chi connectivity index (χ1n) is 6.95. The maximum Gasteiger partial charge on any atom is 0.253 e. The molecule has 2 aromatic rings. The monoisotopic (exact) mass is 354 g/mol. The molecule has 0 atom stereocenters. The highest BCUT2D eigenvalue weighted by molar-refractivity contribution is 5.38. The zero-order chi connectivity index (χ0) is 14.5. The second-order valence-electron chi connectivity index (χ2n) is 4.89. The number of aromatic nitrogens is 2. The minimum Gasteiger partial charge on any atom is -1.00 e. The average molecular weight is 355 g/mol. The molecule has 0 amide bonds. The first-order valence-corrected chi connectivity index (χ1v) is 6.95. The van der Waals surface area contributed by atoms with Crippen molar-refractivity contribution in [2.24, 2.45) is 0 Å². The van der Waals surface area contributed by atoms with Crippen molar-refractivity contribution in [2.75, 3.05) is 14.2 Å². The highest BCUT2D eigenvalue weighted by Gasteiger charge is 2.12. The molecular formula is C16H23BrN2O2. The molecule has 0 aliphatic heterocycles. The van der Waals surface area contributed by atoms with Gasteiger partial charge in [0.15, 0.2) is 0 Å². The number of ether oxygens (including phenoxy) is 2. The van der Waals surface area contributed by atoms with Crippen molar-refractivity contribution in [1.82, 2.24) is 4.57 Å². The van der Waals surface area contributed by atoms with E-state index in [0.717, 1.165) is 31.0 Å². The minimum atomic E-state index is 0. The summed E-state index contributed by atoms with van der Waals surface area (Å²) in [6.07, 6.45) is 5.40. The number of benzene rings is 1. The number of halogens is 1. The van der Waals surface area contributed by atoms with Crippen molar-refractivity contribution in [2.45, 2.75) is 33.4 Å². The third kappa shape index (κ3) is 4.24. The lowest BCUT2D eigenvalue weighted by Gasteiger charge is -2.07. The number of hydrogen-bond acceptors (Lipinski definition) is 2. The first-order chi connectivity index (χ1) is 9.67. The molecule has 1 aromatic carbocycles. The smallest absolute Gasteiger partial charge is 0.253 e. The number of nitrogens with zero attached hydrogens (tertiary/aromatic N) is 2. The summed E-state index contributed by atoms with van der Waals surface area (Å²) < 4.78 is 15.1. The molecule has 0 saturated carbocycles. The lowest BCUT2D eigenvalue weighted by atomic mass is 10.2. The van der Waals surface area contributed by atoms with Gasteiger partial charge >= 0.3 is 0 Å². The standard InChI is InChI=1S/C16H23N2O2.BrH/c1-5-6-17-7-8-18(13(17)2)12-14-9-15(19-3)11-16(10-14)20-4;/h7-11H,5-6,12H2,1-4H3;1H/q+1;/p-1. The molecule has 5 heteroatoms. The van der Waals surface area contributed by atoms with Crippen molar-refractivity contribution in [1.29, 1.82) is 0 Å². The van der Waals surface area contributed by atoms with Crippen LogP contribution in [0.3, 0.4) is 0 Å². The molecule has 2 rings (SSSR count). The first kappa shape index (κ1) is 17.6. The molecule has 0 N–H and O–H groups in total. The van der Waals surface area contributed by atoms with Crippen LogP contribution >= 0.6 is 0 Å². The van der Waals surface area contributed by atoms with E-state index in [0.29, 0.717) is 0 Å². The fraction of sp³-hybridized carbons (Fsp3) is 0.438. The molecule has 0 radical (unpaired) electrons. The molecule has 0 bridgehead atoms. The number of imidazole rings is 1. The second kappa shape index (κ2) is 8.08. The Hall–Kier alpha value is -1.49. The quantitative estimate of drug-likeness (QED) is 0.658. The molecular weight excluding hydrogens is 332 g/mol. The average Bonchev–Trinajstić information content (AvgIpc) is 2.80. The molecule has 1 heterocycles. The number of rotatable bonds is 6. The van der Waals surface area contributed by atoms with Gasteiger partial charge in [-0.1, -0.05) is 6.92 Å². The van der Waals surface area contributed by atoms with Crippen LogP contribution in [0.4, 0.5) is 0 Å². The Balaban J connectivity index is 0.00000220. The summed E-state index contributed by atoms with van der Waals surface area (Å²) >= 11 is 0. The summed E-state index contributed by atoms with van der Waals surface area (Å²) in [6, 6.07) is 5.99. The third-order valence-electron chi connectivity index (χ3n) is 3.49. The predicted molar refractivity (Wildman–Crippen MR) is 78.3 cm³/mol. The van der Waals surface area contributed by atoms with Gasteiger partial charge in [-0.3, -0.25) is 0 Å². The van der Waals surface area contributed by atoms with E-state index in [9.17, 15) is 0 Å². The maximum atomic E-state index is 5.31. The topological polar surface area (TPSA) is 27.3 Å². The van der Waals surface area contributed by atoms with Crippen LogP contribution in [0.1, 0.15) is 24.7 Å². The molecule has 0 fully saturated rings. The Kier molecular flexibility index (Phi) is 6.75. The van der Waals surface area contributed by atoms with E-state index in [2.05, 4.69) is 35.4 Å². The summed E-state index contributed by atoms with van der Waals surface area (Å²) in [5.74, 6) is 2.91. The fourth-order valence-electron chi connectivity index (χ4n) is 2.34. The molecule has 0 saturated heterocycles. The number of hydrogen-bond donors (Lipinski definition) is 0. The van der Waals surface area contributed by atoms with Crippen LogP contribution in [0.15, 0.2) is 30.6 Å². The van der Waals surface area contributed by atoms with Gasteiger partial charge in [0.2, 0.25) is 0 Å². The predicted octanol–water partition coefficient (Wildman–Crippen LogP) is -0.436. The van der Waals surface area contributed by atoms with Gasteiger partial charge in [-0.15, -0.1) is 0 Å². The van der Waals surface area contributed by atoms with Crippen molar-refractivity contribution in [3.63, 3.8) is 0 Å². The summed E-state index contributed by atoms with van der Waals surface area (Å²) in [7, 11) is 3.35. The summed E-state index contributed by atoms with van der Waals surface area (Å²) in [5.41, 5.74) is 1.17. The highest BCUT2D eigenvalue weighted by atomic mass is 79.9. The van der Waals surface area contributed by atoms with E-state index in [1.807, 2.05) is 18.2 Å². The zero-order valence-corrected chi connectivity index (χ0v) is 14.7. The van der Waals surface area contributed by atoms with Gasteiger partial charge in [-0.2, -0.15) is 0 Å². The minimum absolute atomic E-state index is 0. The lowest BCUT2D eigenvalue weighted by molar-refractivity contribution is -0.694. The molecule has 0 unspecified atom stereocenters. The second-order valence-corrected chi connectivity index (χ2v) is 4.89. The van der Waals surface area contributed by atoms with E-state index < -0.39 is 0 Å². The van der Waals surface area contributed by atoms with Gasteiger partial charge in [0.05, 0.1) is 20.8 Å². The van der Waals surface area contributed by atoms with Crippen LogP contribution in [0.2, 0.25) is 0 Å². The van der Waals surface area contributed by atoms with E-state index in [-0.39, 0.29) is 17.0 Å². The summed E-state index contributed by atoms with van der Waals surface area (Å²) in [4.78, 5) is 0. The number of aryl methyl sites for hydroxylation is 1. The zero-order valence-electron chi connectivity index (χ0n) is 13.1. The van der Waals surface area contributed by atoms with Crippen LogP contribution in [-0.2, 0) is 13.1 Å². The van der Waals surface area contributed by atoms with Crippen LogP contribution < -0.4 is 31.0 Å². The Morgan fingerprint density at radius 1 is 1.10 bits per heavy atom. The number of methoxy groups -OCH3 is 2. The van der Waals surface area contributed by atoms with E-state index in [4.69, 9.17) is 9.47 Å². The van der Waals surface area contributed by atoms with Gasteiger partial charge in [-0.25, -0.2) is 9.13 Å². The molecule has 1 aromatic heterocycles. The molecule has 4 nitrogen and oxygen atoms in total. The fourth-order valence-corrected chi connectivity index (χ4v) is 2.34. The van der Waals surface area contributed by atoms with E-state index in [1.165, 1.54) is 11.4 Å². The van der Waals surface area contributed by atoms with Crippen LogP contribution in [-0.4, -0.2) is 18.8 Å². The highest BCUT2D eigenvalue weighted by Crippen LogP contribution is 2.22. The maximum absolute atomic E-state index is 5.31. The normalized spacial score (nSPS) is 10.1. The third-order valence-corrected chi connectivity index (χ3v) is 3.49. The van der Waals surface area contributed by atoms with Gasteiger partial charge in [0, 0.05) is 18.6 Å². The van der Waals surface area contributed by atoms with Gasteiger partial charge < -0.3 is 26.5 Å². The Bertz CT molecular complexity index is 559. The van der Waals surface area contributed by atoms with Crippen LogP contribution in [0.25, 0.3) is 0 Å². The van der Waals surface area contributed by atoms with E-state index in [1.54, 1.807) is 14.2 Å². The molecule has 0 aliphatic rings. The lowest BCUT2D eigenvalue weighted by Crippen LogP contribution is -3.00. The van der Waals surface area contributed by atoms with Gasteiger partial charge in [-0.05, 0) is 18.6 Å². The molecule has 21 heavy (non-hydrogen) atoms. The van der Waals surface area contributed by atoms with Crippen LogP contribution in [0.5, 0.6) is 11.5 Å². The van der Waals surface area contributed by atoms with E-state index >= 15 is 0 Å². The van der Waals surface area contributed by atoms with Crippen LogP contribution in [0, 0.1) is 6.92 Å². The largest absolute Gasteiger partial charge is 1.00 e. The Morgan fingerprint density at radius 3 is 2.24 bits per heavy atom. The van der Waals surface area contributed by atoms with Gasteiger partial charge in [0.1, 0.15) is 30.4 Å². The van der Waals surface area contributed by atoms with Crippen molar-refractivity contribution in [3.05, 3.63) is 42.0 Å².